The van der Waals surface area contributed by atoms with Gasteiger partial charge in [0.2, 0.25) is 21.8 Å². The maximum Gasteiger partial charge on any atom is 0.243 e. The van der Waals surface area contributed by atoms with Gasteiger partial charge in [-0.25, -0.2) is 8.42 Å². The van der Waals surface area contributed by atoms with Gasteiger partial charge in [0.15, 0.2) is 0 Å². The van der Waals surface area contributed by atoms with Gasteiger partial charge in [-0.1, -0.05) is 0 Å². The monoisotopic (exact) mass is 395 g/mol. The van der Waals surface area contributed by atoms with Crippen molar-refractivity contribution >= 4 is 27.5 Å². The SMILES string of the molecule is COCCN1CC(C(=O)Nc2ccc(S(=O)(=O)N3CCCC3)cc2)CC1=O. The molecule has 0 bridgehead atoms. The summed E-state index contributed by atoms with van der Waals surface area (Å²) in [6, 6.07) is 6.18. The molecule has 2 fully saturated rings. The third-order valence-corrected chi connectivity index (χ3v) is 6.89. The Bertz CT molecular complexity index is 788. The molecule has 0 aromatic heterocycles. The number of nitrogens with one attached hydrogen (secondary N) is 1. The van der Waals surface area contributed by atoms with E-state index in [4.69, 9.17) is 4.74 Å². The van der Waals surface area contributed by atoms with Crippen LogP contribution in [0.15, 0.2) is 29.2 Å². The van der Waals surface area contributed by atoms with Gasteiger partial charge in [0.05, 0.1) is 17.4 Å². The van der Waals surface area contributed by atoms with Crippen LogP contribution in [0, 0.1) is 5.92 Å². The van der Waals surface area contributed by atoms with E-state index in [1.807, 2.05) is 0 Å². The first-order valence-corrected chi connectivity index (χ1v) is 10.5. The second-order valence-corrected chi connectivity index (χ2v) is 8.80. The molecule has 2 saturated heterocycles. The lowest BCUT2D eigenvalue weighted by Crippen LogP contribution is -2.30. The molecule has 0 aliphatic carbocycles. The number of benzene rings is 1. The number of hydrogen-bond donors (Lipinski definition) is 1. The molecular weight excluding hydrogens is 370 g/mol. The van der Waals surface area contributed by atoms with Gasteiger partial charge >= 0.3 is 0 Å². The van der Waals surface area contributed by atoms with Crippen molar-refractivity contribution in [3.8, 4) is 0 Å². The first kappa shape index (κ1) is 19.8. The van der Waals surface area contributed by atoms with Crippen LogP contribution in [0.3, 0.4) is 0 Å². The summed E-state index contributed by atoms with van der Waals surface area (Å²) in [4.78, 5) is 26.2. The number of amides is 2. The fraction of sp³-hybridized carbons (Fsp3) is 0.556. The summed E-state index contributed by atoms with van der Waals surface area (Å²) in [6.07, 6.45) is 1.95. The van der Waals surface area contributed by atoms with Crippen molar-refractivity contribution < 1.29 is 22.7 Å². The highest BCUT2D eigenvalue weighted by molar-refractivity contribution is 7.89. The number of sulfonamides is 1. The van der Waals surface area contributed by atoms with Gasteiger partial charge in [0.1, 0.15) is 0 Å². The Labute approximate surface area is 159 Å². The maximum atomic E-state index is 12.5. The summed E-state index contributed by atoms with van der Waals surface area (Å²) in [5.41, 5.74) is 0.517. The lowest BCUT2D eigenvalue weighted by atomic mass is 10.1. The van der Waals surface area contributed by atoms with Crippen molar-refractivity contribution in [3.63, 3.8) is 0 Å². The molecule has 2 aliphatic heterocycles. The quantitative estimate of drug-likeness (QED) is 0.740. The Morgan fingerprint density at radius 2 is 1.89 bits per heavy atom. The van der Waals surface area contributed by atoms with Crippen molar-refractivity contribution in [1.82, 2.24) is 9.21 Å². The fourth-order valence-electron chi connectivity index (χ4n) is 3.40. The van der Waals surface area contributed by atoms with Crippen molar-refractivity contribution in [2.75, 3.05) is 45.2 Å². The van der Waals surface area contributed by atoms with E-state index in [1.165, 1.54) is 16.4 Å². The van der Waals surface area contributed by atoms with Gasteiger partial charge in [0, 0.05) is 45.4 Å². The van der Waals surface area contributed by atoms with E-state index in [9.17, 15) is 18.0 Å². The summed E-state index contributed by atoms with van der Waals surface area (Å²) < 4.78 is 31.5. The zero-order valence-corrected chi connectivity index (χ0v) is 16.2. The average Bonchev–Trinajstić information content (AvgIpc) is 3.31. The third-order valence-electron chi connectivity index (χ3n) is 4.98. The Kier molecular flexibility index (Phi) is 6.13. The van der Waals surface area contributed by atoms with Gasteiger partial charge in [-0.15, -0.1) is 0 Å². The largest absolute Gasteiger partial charge is 0.383 e. The van der Waals surface area contributed by atoms with E-state index in [0.717, 1.165) is 12.8 Å². The normalized spacial score (nSPS) is 21.0. The molecule has 0 saturated carbocycles. The molecule has 2 aliphatic rings. The molecule has 1 atom stereocenters. The van der Waals surface area contributed by atoms with Gasteiger partial charge in [-0.3, -0.25) is 9.59 Å². The molecular formula is C18H25N3O5S. The van der Waals surface area contributed by atoms with Crippen LogP contribution in [0.1, 0.15) is 19.3 Å². The molecule has 3 rings (SSSR count). The Hall–Kier alpha value is -1.97. The minimum atomic E-state index is -3.47. The number of carbonyl (C=O) groups excluding carboxylic acids is 2. The standard InChI is InChI=1S/C18H25N3O5S/c1-26-11-10-20-13-14(12-17(20)22)18(23)19-15-4-6-16(7-5-15)27(24,25)21-8-2-3-9-21/h4-7,14H,2-3,8-13H2,1H3,(H,19,23). The van der Waals surface area contributed by atoms with Crippen LogP contribution in [0.2, 0.25) is 0 Å². The predicted octanol–water partition coefficient (Wildman–Crippen LogP) is 0.905. The van der Waals surface area contributed by atoms with Crippen molar-refractivity contribution in [1.29, 1.82) is 0 Å². The van der Waals surface area contributed by atoms with Crippen LogP contribution in [-0.4, -0.2) is 69.3 Å². The summed E-state index contributed by atoms with van der Waals surface area (Å²) in [5.74, 6) is -0.708. The van der Waals surface area contributed by atoms with Crippen LogP contribution in [0.5, 0.6) is 0 Å². The maximum absolute atomic E-state index is 12.5. The highest BCUT2D eigenvalue weighted by Gasteiger charge is 2.34. The summed E-state index contributed by atoms with van der Waals surface area (Å²) in [6.45, 7) is 2.39. The molecule has 1 unspecified atom stereocenters. The Morgan fingerprint density at radius 3 is 2.52 bits per heavy atom. The van der Waals surface area contributed by atoms with Gasteiger partial charge < -0.3 is 15.0 Å². The molecule has 27 heavy (non-hydrogen) atoms. The molecule has 0 radical (unpaired) electrons. The van der Waals surface area contributed by atoms with Crippen LogP contribution >= 0.6 is 0 Å². The predicted molar refractivity (Wildman–Crippen MR) is 99.6 cm³/mol. The Balaban J connectivity index is 1.60. The molecule has 2 amide bonds. The number of likely N-dealkylation sites (tertiary alicyclic amines) is 1. The first-order chi connectivity index (χ1) is 12.9. The molecule has 0 spiro atoms. The van der Waals surface area contributed by atoms with E-state index >= 15 is 0 Å². The number of ether oxygens (including phenoxy) is 1. The smallest absolute Gasteiger partial charge is 0.243 e. The average molecular weight is 395 g/mol. The van der Waals surface area contributed by atoms with Gasteiger partial charge in [0.25, 0.3) is 0 Å². The zero-order valence-electron chi connectivity index (χ0n) is 15.4. The molecule has 148 valence electrons. The number of anilines is 1. The van der Waals surface area contributed by atoms with E-state index in [1.54, 1.807) is 24.1 Å². The second-order valence-electron chi connectivity index (χ2n) is 6.86. The fourth-order valence-corrected chi connectivity index (χ4v) is 4.91. The van der Waals surface area contributed by atoms with Crippen molar-refractivity contribution in [2.45, 2.75) is 24.2 Å². The summed E-state index contributed by atoms with van der Waals surface area (Å²) in [7, 11) is -1.90. The van der Waals surface area contributed by atoms with E-state index in [-0.39, 0.29) is 23.1 Å². The van der Waals surface area contributed by atoms with Crippen LogP contribution < -0.4 is 5.32 Å². The minimum absolute atomic E-state index is 0.0562. The van der Waals surface area contributed by atoms with Crippen LogP contribution in [-0.2, 0) is 24.3 Å². The second kappa shape index (κ2) is 8.37. The lowest BCUT2D eigenvalue weighted by Gasteiger charge is -2.17. The highest BCUT2D eigenvalue weighted by atomic mass is 32.2. The number of nitrogens with zero attached hydrogens (tertiary/aromatic N) is 2. The lowest BCUT2D eigenvalue weighted by molar-refractivity contribution is -0.128. The highest BCUT2D eigenvalue weighted by Crippen LogP contribution is 2.23. The van der Waals surface area contributed by atoms with Crippen molar-refractivity contribution in [3.05, 3.63) is 24.3 Å². The van der Waals surface area contributed by atoms with E-state index < -0.39 is 15.9 Å². The number of hydrogen-bond acceptors (Lipinski definition) is 5. The summed E-state index contributed by atoms with van der Waals surface area (Å²) in [5, 5.41) is 2.77. The molecule has 1 aromatic rings. The topological polar surface area (TPSA) is 96.0 Å². The molecule has 2 heterocycles. The van der Waals surface area contributed by atoms with Gasteiger partial charge in [-0.2, -0.15) is 4.31 Å². The zero-order chi connectivity index (χ0) is 19.4. The summed E-state index contributed by atoms with van der Waals surface area (Å²) >= 11 is 0. The van der Waals surface area contributed by atoms with Crippen LogP contribution in [0.25, 0.3) is 0 Å². The Morgan fingerprint density at radius 1 is 1.22 bits per heavy atom. The minimum Gasteiger partial charge on any atom is -0.383 e. The first-order valence-electron chi connectivity index (χ1n) is 9.09. The molecule has 9 heteroatoms. The van der Waals surface area contributed by atoms with Gasteiger partial charge in [-0.05, 0) is 37.1 Å². The van der Waals surface area contributed by atoms with Crippen LogP contribution in [0.4, 0.5) is 5.69 Å². The number of methoxy groups -OCH3 is 1. The molecule has 1 N–H and O–H groups in total. The number of rotatable bonds is 7. The van der Waals surface area contributed by atoms with E-state index in [0.29, 0.717) is 38.5 Å². The number of carbonyl (C=O) groups is 2. The van der Waals surface area contributed by atoms with Crippen molar-refractivity contribution in [2.24, 2.45) is 5.92 Å². The van der Waals surface area contributed by atoms with E-state index in [2.05, 4.69) is 5.32 Å². The molecule has 1 aromatic carbocycles. The molecule has 8 nitrogen and oxygen atoms in total. The third kappa shape index (κ3) is 4.48.